The van der Waals surface area contributed by atoms with Gasteiger partial charge in [-0.25, -0.2) is 13.2 Å². The van der Waals surface area contributed by atoms with E-state index >= 15 is 0 Å². The molecule has 1 fully saturated rings. The van der Waals surface area contributed by atoms with Crippen LogP contribution in [0.15, 0.2) is 40.6 Å². The molecular weight excluding hydrogens is 376 g/mol. The molecule has 1 aliphatic heterocycles. The first-order valence-electron chi connectivity index (χ1n) is 8.02. The van der Waals surface area contributed by atoms with Crippen LogP contribution in [0, 0.1) is 0 Å². The quantitative estimate of drug-likeness (QED) is 0.777. The number of nitrogens with zero attached hydrogens (tertiary/aromatic N) is 1. The summed E-state index contributed by atoms with van der Waals surface area (Å²) in [7, 11) is -0.923. The number of hydrogen-bond acceptors (Lipinski definition) is 7. The predicted molar refractivity (Wildman–Crippen MR) is 98.2 cm³/mol. The maximum atomic E-state index is 13.2. The lowest BCUT2D eigenvalue weighted by molar-refractivity contribution is 0.0606. The van der Waals surface area contributed by atoms with Crippen molar-refractivity contribution in [1.29, 1.82) is 0 Å². The third kappa shape index (κ3) is 3.48. The van der Waals surface area contributed by atoms with E-state index in [0.717, 1.165) is 16.9 Å². The number of sulfonamides is 1. The van der Waals surface area contributed by atoms with Gasteiger partial charge in [0, 0.05) is 25.2 Å². The lowest BCUT2D eigenvalue weighted by Gasteiger charge is -2.35. The Balaban J connectivity index is 1.99. The SMILES string of the molecule is COC(=O)c1ccc(S(=O)(=O)N2CCNCC2c2ccccc2OC)s1. The van der Waals surface area contributed by atoms with E-state index in [4.69, 9.17) is 4.74 Å². The van der Waals surface area contributed by atoms with Crippen molar-refractivity contribution in [1.82, 2.24) is 9.62 Å². The second-order valence-electron chi connectivity index (χ2n) is 5.69. The monoisotopic (exact) mass is 396 g/mol. The lowest BCUT2D eigenvalue weighted by Crippen LogP contribution is -2.48. The zero-order valence-corrected chi connectivity index (χ0v) is 16.1. The van der Waals surface area contributed by atoms with E-state index in [1.165, 1.54) is 23.5 Å². The van der Waals surface area contributed by atoms with Gasteiger partial charge in [0.25, 0.3) is 10.0 Å². The maximum absolute atomic E-state index is 13.2. The molecule has 7 nitrogen and oxygen atoms in total. The van der Waals surface area contributed by atoms with Gasteiger partial charge in [0.2, 0.25) is 0 Å². The van der Waals surface area contributed by atoms with Gasteiger partial charge in [-0.3, -0.25) is 0 Å². The van der Waals surface area contributed by atoms with Crippen molar-refractivity contribution < 1.29 is 22.7 Å². The zero-order chi connectivity index (χ0) is 18.7. The molecule has 1 atom stereocenters. The minimum absolute atomic E-state index is 0.125. The van der Waals surface area contributed by atoms with Crippen LogP contribution >= 0.6 is 11.3 Å². The molecule has 0 radical (unpaired) electrons. The van der Waals surface area contributed by atoms with E-state index in [9.17, 15) is 13.2 Å². The third-order valence-electron chi connectivity index (χ3n) is 4.22. The molecule has 140 valence electrons. The minimum Gasteiger partial charge on any atom is -0.496 e. The molecule has 0 aliphatic carbocycles. The molecule has 2 aromatic rings. The summed E-state index contributed by atoms with van der Waals surface area (Å²) in [6.07, 6.45) is 0. The maximum Gasteiger partial charge on any atom is 0.348 e. The van der Waals surface area contributed by atoms with Gasteiger partial charge < -0.3 is 14.8 Å². The summed E-state index contributed by atoms with van der Waals surface area (Å²) < 4.78 is 38.1. The van der Waals surface area contributed by atoms with E-state index in [2.05, 4.69) is 10.1 Å². The fraction of sp³-hybridized carbons (Fsp3) is 0.353. The number of rotatable bonds is 5. The fourth-order valence-electron chi connectivity index (χ4n) is 2.96. The second-order valence-corrected chi connectivity index (χ2v) is 8.89. The predicted octanol–water partition coefficient (Wildman–Crippen LogP) is 1.88. The number of carbonyl (C=O) groups excluding carboxylic acids is 1. The van der Waals surface area contributed by atoms with Crippen molar-refractivity contribution in [2.24, 2.45) is 0 Å². The molecular formula is C17H20N2O5S2. The number of hydrogen-bond donors (Lipinski definition) is 1. The van der Waals surface area contributed by atoms with E-state index in [1.807, 2.05) is 24.3 Å². The number of thiophene rings is 1. The highest BCUT2D eigenvalue weighted by molar-refractivity contribution is 7.91. The Kier molecular flexibility index (Phi) is 5.61. The molecule has 1 unspecified atom stereocenters. The Hall–Kier alpha value is -1.94. The Labute approximate surface area is 156 Å². The van der Waals surface area contributed by atoms with Gasteiger partial charge in [0.05, 0.1) is 20.3 Å². The third-order valence-corrected chi connectivity index (χ3v) is 7.66. The Morgan fingerprint density at radius 3 is 2.73 bits per heavy atom. The highest BCUT2D eigenvalue weighted by Crippen LogP contribution is 2.35. The van der Waals surface area contributed by atoms with Crippen LogP contribution in [0.2, 0.25) is 0 Å². The summed E-state index contributed by atoms with van der Waals surface area (Å²) in [4.78, 5) is 11.9. The van der Waals surface area contributed by atoms with Crippen LogP contribution in [-0.4, -0.2) is 52.5 Å². The number of benzene rings is 1. The van der Waals surface area contributed by atoms with Gasteiger partial charge in [0.15, 0.2) is 0 Å². The first-order valence-corrected chi connectivity index (χ1v) is 10.3. The first-order chi connectivity index (χ1) is 12.5. The van der Waals surface area contributed by atoms with Gasteiger partial charge in [-0.15, -0.1) is 11.3 Å². The topological polar surface area (TPSA) is 84.9 Å². The molecule has 0 spiro atoms. The second kappa shape index (κ2) is 7.75. The van der Waals surface area contributed by atoms with Crippen molar-refractivity contribution in [3.63, 3.8) is 0 Å². The zero-order valence-electron chi connectivity index (χ0n) is 14.5. The molecule has 1 aromatic carbocycles. The smallest absolute Gasteiger partial charge is 0.348 e. The van der Waals surface area contributed by atoms with Crippen molar-refractivity contribution in [3.05, 3.63) is 46.8 Å². The van der Waals surface area contributed by atoms with Crippen LogP contribution in [0.4, 0.5) is 0 Å². The molecule has 1 aromatic heterocycles. The summed E-state index contributed by atoms with van der Waals surface area (Å²) >= 11 is 0.918. The van der Waals surface area contributed by atoms with E-state index in [0.29, 0.717) is 25.4 Å². The molecule has 26 heavy (non-hydrogen) atoms. The molecule has 1 N–H and O–H groups in total. The Morgan fingerprint density at radius 1 is 1.23 bits per heavy atom. The van der Waals surface area contributed by atoms with Crippen molar-refractivity contribution in [3.8, 4) is 5.75 Å². The van der Waals surface area contributed by atoms with E-state index in [1.54, 1.807) is 7.11 Å². The van der Waals surface area contributed by atoms with Gasteiger partial charge in [0.1, 0.15) is 14.8 Å². The first kappa shape index (κ1) is 18.8. The number of carbonyl (C=O) groups is 1. The van der Waals surface area contributed by atoms with Crippen LogP contribution in [0.25, 0.3) is 0 Å². The van der Waals surface area contributed by atoms with E-state index in [-0.39, 0.29) is 9.09 Å². The number of esters is 1. The molecule has 2 heterocycles. The Bertz CT molecular complexity index is 894. The lowest BCUT2D eigenvalue weighted by atomic mass is 10.0. The van der Waals surface area contributed by atoms with Crippen LogP contribution in [0.5, 0.6) is 5.75 Å². The number of para-hydroxylation sites is 1. The summed E-state index contributed by atoms with van der Waals surface area (Å²) in [6, 6.07) is 9.92. The molecule has 1 aliphatic rings. The Morgan fingerprint density at radius 2 is 2.00 bits per heavy atom. The van der Waals surface area contributed by atoms with Crippen molar-refractivity contribution in [2.45, 2.75) is 10.3 Å². The molecule has 3 rings (SSSR count). The van der Waals surface area contributed by atoms with Gasteiger partial charge >= 0.3 is 5.97 Å². The molecule has 0 bridgehead atoms. The van der Waals surface area contributed by atoms with Crippen LogP contribution < -0.4 is 10.1 Å². The van der Waals surface area contributed by atoms with Crippen molar-refractivity contribution in [2.75, 3.05) is 33.9 Å². The highest BCUT2D eigenvalue weighted by atomic mass is 32.2. The standard InChI is InChI=1S/C17H20N2O5S2/c1-23-14-6-4-3-5-12(14)13-11-18-9-10-19(13)26(21,22)16-8-7-15(25-16)17(20)24-2/h3-8,13,18H,9-11H2,1-2H3. The molecule has 0 amide bonds. The summed E-state index contributed by atoms with van der Waals surface area (Å²) in [5, 5.41) is 3.24. The number of ether oxygens (including phenoxy) is 2. The summed E-state index contributed by atoms with van der Waals surface area (Å²) in [5.41, 5.74) is 0.801. The average molecular weight is 396 g/mol. The van der Waals surface area contributed by atoms with Gasteiger partial charge in [-0.1, -0.05) is 18.2 Å². The normalized spacial score (nSPS) is 18.5. The van der Waals surface area contributed by atoms with Gasteiger partial charge in [-0.05, 0) is 18.2 Å². The molecule has 0 saturated carbocycles. The number of nitrogens with one attached hydrogen (secondary N) is 1. The minimum atomic E-state index is -3.76. The largest absolute Gasteiger partial charge is 0.496 e. The highest BCUT2D eigenvalue weighted by Gasteiger charge is 2.36. The van der Waals surface area contributed by atoms with Crippen molar-refractivity contribution >= 4 is 27.3 Å². The van der Waals surface area contributed by atoms with Crippen LogP contribution in [0.3, 0.4) is 0 Å². The summed E-state index contributed by atoms with van der Waals surface area (Å²) in [5.74, 6) is 0.0980. The van der Waals surface area contributed by atoms with E-state index < -0.39 is 22.0 Å². The molecule has 9 heteroatoms. The average Bonchev–Trinajstić information content (AvgIpc) is 3.18. The fourth-order valence-corrected chi connectivity index (χ4v) is 5.92. The van der Waals surface area contributed by atoms with Gasteiger partial charge in [-0.2, -0.15) is 4.31 Å². The molecule has 1 saturated heterocycles. The number of methoxy groups -OCH3 is 2. The summed E-state index contributed by atoms with van der Waals surface area (Å²) in [6.45, 7) is 1.37. The van der Waals surface area contributed by atoms with Crippen LogP contribution in [-0.2, 0) is 14.8 Å². The number of piperazine rings is 1. The van der Waals surface area contributed by atoms with Crippen LogP contribution in [0.1, 0.15) is 21.3 Å².